The zero-order valence-corrected chi connectivity index (χ0v) is 17.9. The first-order valence-corrected chi connectivity index (χ1v) is 11.3. The number of morpholine rings is 1. The van der Waals surface area contributed by atoms with Crippen LogP contribution in [0.5, 0.6) is 0 Å². The Balaban J connectivity index is 1.27. The lowest BCUT2D eigenvalue weighted by molar-refractivity contribution is 0.122. The van der Waals surface area contributed by atoms with E-state index < -0.39 is 0 Å². The average Bonchev–Trinajstić information content (AvgIpc) is 3.28. The lowest BCUT2D eigenvalue weighted by atomic mass is 9.88. The quantitative estimate of drug-likeness (QED) is 0.524. The van der Waals surface area contributed by atoms with E-state index in [-0.39, 0.29) is 6.04 Å². The maximum atomic E-state index is 5.45. The van der Waals surface area contributed by atoms with Crippen molar-refractivity contribution in [3.8, 4) is 0 Å². The Morgan fingerprint density at radius 1 is 0.969 bits per heavy atom. The first kappa shape index (κ1) is 19.3. The molecule has 2 aromatic carbocycles. The zero-order valence-electron chi connectivity index (χ0n) is 17.9. The van der Waals surface area contributed by atoms with Gasteiger partial charge in [0.05, 0.1) is 30.8 Å². The Hall–Kier alpha value is -3.45. The highest BCUT2D eigenvalue weighted by molar-refractivity contribution is 5.75. The van der Waals surface area contributed by atoms with Crippen LogP contribution in [0, 0.1) is 0 Å². The Morgan fingerprint density at radius 3 is 2.69 bits per heavy atom. The second-order valence-electron chi connectivity index (χ2n) is 8.44. The molecule has 162 valence electrons. The molecular weight excluding hydrogens is 400 g/mol. The molecule has 0 amide bonds. The predicted octanol–water partition coefficient (Wildman–Crippen LogP) is 4.33. The fraction of sp³-hybridized carbons (Fsp3) is 0.320. The maximum Gasteiger partial charge on any atom is 0.229 e. The molecule has 1 unspecified atom stereocenters. The third kappa shape index (κ3) is 3.58. The van der Waals surface area contributed by atoms with Crippen molar-refractivity contribution in [3.05, 3.63) is 72.1 Å². The van der Waals surface area contributed by atoms with Gasteiger partial charge in [0.2, 0.25) is 5.95 Å². The number of hydrogen-bond acceptors (Lipinski definition) is 6. The highest BCUT2D eigenvalue weighted by atomic mass is 16.5. The fourth-order valence-electron chi connectivity index (χ4n) is 4.81. The van der Waals surface area contributed by atoms with Gasteiger partial charge in [-0.15, -0.1) is 0 Å². The summed E-state index contributed by atoms with van der Waals surface area (Å²) in [6.07, 6.45) is 7.09. The molecule has 7 heteroatoms. The monoisotopic (exact) mass is 426 g/mol. The predicted molar refractivity (Wildman–Crippen MR) is 126 cm³/mol. The minimum atomic E-state index is 0.216. The van der Waals surface area contributed by atoms with Crippen LogP contribution in [0.1, 0.15) is 30.0 Å². The van der Waals surface area contributed by atoms with Gasteiger partial charge in [0.15, 0.2) is 5.65 Å². The number of anilines is 3. The van der Waals surface area contributed by atoms with Crippen molar-refractivity contribution >= 4 is 28.4 Å². The summed E-state index contributed by atoms with van der Waals surface area (Å²) < 4.78 is 7.52. The van der Waals surface area contributed by atoms with E-state index in [0.29, 0.717) is 5.95 Å². The highest BCUT2D eigenvalue weighted by Gasteiger charge is 2.24. The van der Waals surface area contributed by atoms with Crippen molar-refractivity contribution < 1.29 is 4.74 Å². The first-order valence-electron chi connectivity index (χ1n) is 11.3. The molecule has 0 saturated carbocycles. The summed E-state index contributed by atoms with van der Waals surface area (Å²) in [7, 11) is 0. The van der Waals surface area contributed by atoms with Gasteiger partial charge in [0, 0.05) is 30.7 Å². The van der Waals surface area contributed by atoms with Gasteiger partial charge in [-0.05, 0) is 54.7 Å². The number of nitrogens with one attached hydrogen (secondary N) is 1. The van der Waals surface area contributed by atoms with Gasteiger partial charge in [0.25, 0.3) is 0 Å². The van der Waals surface area contributed by atoms with Crippen LogP contribution in [0.2, 0.25) is 0 Å². The van der Waals surface area contributed by atoms with Crippen LogP contribution in [-0.2, 0) is 11.2 Å². The molecule has 6 rings (SSSR count). The lowest BCUT2D eigenvalue weighted by Crippen LogP contribution is -2.36. The number of rotatable bonds is 4. The number of benzene rings is 2. The third-order valence-electron chi connectivity index (χ3n) is 6.47. The van der Waals surface area contributed by atoms with Gasteiger partial charge in [-0.3, -0.25) is 0 Å². The topological polar surface area (TPSA) is 68.1 Å². The van der Waals surface area contributed by atoms with E-state index in [1.165, 1.54) is 16.8 Å². The van der Waals surface area contributed by atoms with Crippen LogP contribution < -0.4 is 10.2 Å². The van der Waals surface area contributed by atoms with E-state index in [9.17, 15) is 0 Å². The Morgan fingerprint density at radius 2 is 1.81 bits per heavy atom. The molecule has 4 aromatic rings. The Labute approximate surface area is 187 Å². The molecule has 1 fully saturated rings. The van der Waals surface area contributed by atoms with E-state index >= 15 is 0 Å². The van der Waals surface area contributed by atoms with Crippen molar-refractivity contribution in [1.29, 1.82) is 0 Å². The van der Waals surface area contributed by atoms with Gasteiger partial charge in [0.1, 0.15) is 0 Å². The second-order valence-corrected chi connectivity index (χ2v) is 8.44. The van der Waals surface area contributed by atoms with Crippen molar-refractivity contribution in [2.75, 3.05) is 36.5 Å². The average molecular weight is 427 g/mol. The van der Waals surface area contributed by atoms with E-state index in [2.05, 4.69) is 68.4 Å². The number of fused-ring (bicyclic) bond motifs is 2. The summed E-state index contributed by atoms with van der Waals surface area (Å²) in [4.78, 5) is 11.7. The van der Waals surface area contributed by atoms with Crippen LogP contribution in [-0.4, -0.2) is 46.1 Å². The standard InChI is InChI=1S/C25H26N6O/c1-2-6-22-18(4-1)5-3-7-23(22)31-24-19(17-27-31)16-26-25(29-24)28-20-8-10-21(11-9-20)30-12-14-32-15-13-30/h1-2,4,6,8-11,16-17,23H,3,5,7,12-15H2,(H,26,28,29). The Kier molecular flexibility index (Phi) is 4.96. The van der Waals surface area contributed by atoms with Crippen molar-refractivity contribution in [1.82, 2.24) is 19.7 Å². The molecule has 1 N–H and O–H groups in total. The van der Waals surface area contributed by atoms with E-state index in [4.69, 9.17) is 14.8 Å². The molecule has 2 aliphatic rings. The molecule has 1 saturated heterocycles. The van der Waals surface area contributed by atoms with Crippen LogP contribution >= 0.6 is 0 Å². The van der Waals surface area contributed by atoms with Gasteiger partial charge in [-0.25, -0.2) is 9.67 Å². The molecule has 0 radical (unpaired) electrons. The van der Waals surface area contributed by atoms with Crippen molar-refractivity contribution in [3.63, 3.8) is 0 Å². The lowest BCUT2D eigenvalue weighted by Gasteiger charge is -2.28. The molecule has 7 nitrogen and oxygen atoms in total. The smallest absolute Gasteiger partial charge is 0.229 e. The van der Waals surface area contributed by atoms with Gasteiger partial charge in [-0.2, -0.15) is 10.1 Å². The number of aromatic nitrogens is 4. The summed E-state index contributed by atoms with van der Waals surface area (Å²) in [5, 5.41) is 9.02. The van der Waals surface area contributed by atoms with Crippen LogP contribution in [0.4, 0.5) is 17.3 Å². The number of ether oxygens (including phenoxy) is 1. The molecule has 1 aliphatic carbocycles. The molecule has 2 aromatic heterocycles. The number of nitrogens with zero attached hydrogens (tertiary/aromatic N) is 5. The van der Waals surface area contributed by atoms with E-state index in [1.807, 2.05) is 12.4 Å². The molecular formula is C25H26N6O. The molecule has 3 heterocycles. The van der Waals surface area contributed by atoms with Crippen molar-refractivity contribution in [2.45, 2.75) is 25.3 Å². The summed E-state index contributed by atoms with van der Waals surface area (Å²) in [5.74, 6) is 0.586. The van der Waals surface area contributed by atoms with Crippen LogP contribution in [0.15, 0.2) is 60.9 Å². The normalized spacial score (nSPS) is 18.5. The molecule has 1 aliphatic heterocycles. The largest absolute Gasteiger partial charge is 0.378 e. The first-order chi connectivity index (χ1) is 15.8. The summed E-state index contributed by atoms with van der Waals surface area (Å²) in [6.45, 7) is 3.43. The van der Waals surface area contributed by atoms with E-state index in [1.54, 1.807) is 0 Å². The molecule has 32 heavy (non-hydrogen) atoms. The van der Waals surface area contributed by atoms with E-state index in [0.717, 1.165) is 62.3 Å². The van der Waals surface area contributed by atoms with Crippen LogP contribution in [0.25, 0.3) is 11.0 Å². The van der Waals surface area contributed by atoms with Crippen LogP contribution in [0.3, 0.4) is 0 Å². The summed E-state index contributed by atoms with van der Waals surface area (Å²) in [5.41, 5.74) is 5.82. The number of hydrogen-bond donors (Lipinski definition) is 1. The molecule has 0 bridgehead atoms. The second kappa shape index (κ2) is 8.24. The minimum absolute atomic E-state index is 0.216. The number of aryl methyl sites for hydroxylation is 1. The Bertz CT molecular complexity index is 1230. The van der Waals surface area contributed by atoms with Gasteiger partial charge < -0.3 is 15.0 Å². The SMILES string of the molecule is c1ccc2c(c1)CCCC2n1ncc2cnc(Nc3ccc(N4CCOCC4)cc3)nc21. The third-order valence-corrected chi connectivity index (χ3v) is 6.47. The van der Waals surface area contributed by atoms with Gasteiger partial charge in [-0.1, -0.05) is 24.3 Å². The molecule has 0 spiro atoms. The van der Waals surface area contributed by atoms with Crippen molar-refractivity contribution in [2.24, 2.45) is 0 Å². The van der Waals surface area contributed by atoms with Gasteiger partial charge >= 0.3 is 0 Å². The zero-order chi connectivity index (χ0) is 21.3. The minimum Gasteiger partial charge on any atom is -0.378 e. The summed E-state index contributed by atoms with van der Waals surface area (Å²) in [6, 6.07) is 17.3. The highest BCUT2D eigenvalue weighted by Crippen LogP contribution is 2.34. The molecule has 1 atom stereocenters. The fourth-order valence-corrected chi connectivity index (χ4v) is 4.81. The summed E-state index contributed by atoms with van der Waals surface area (Å²) >= 11 is 0. The maximum absolute atomic E-state index is 5.45.